The van der Waals surface area contributed by atoms with Crippen molar-refractivity contribution in [3.8, 4) is 0 Å². The summed E-state index contributed by atoms with van der Waals surface area (Å²) in [5.41, 5.74) is 0. The average molecular weight is 387 g/mol. The molecule has 2 fully saturated rings. The molecule has 0 aromatic rings. The predicted molar refractivity (Wildman–Crippen MR) is 109 cm³/mol. The van der Waals surface area contributed by atoms with Gasteiger partial charge in [-0.25, -0.2) is 8.42 Å². The number of sulfone groups is 1. The second-order valence-corrected chi connectivity index (χ2v) is 10.5. The lowest BCUT2D eigenvalue weighted by molar-refractivity contribution is 0.0865. The van der Waals surface area contributed by atoms with Gasteiger partial charge in [-0.2, -0.15) is 0 Å². The maximum atomic E-state index is 11.6. The molecular weight excluding hydrogens is 348 g/mol. The van der Waals surface area contributed by atoms with E-state index in [0.29, 0.717) is 6.54 Å². The third-order valence-electron chi connectivity index (χ3n) is 6.16. The number of hydrogen-bond donors (Lipinski definition) is 1. The van der Waals surface area contributed by atoms with Crippen molar-refractivity contribution in [1.29, 1.82) is 0 Å². The average Bonchev–Trinajstić information content (AvgIpc) is 2.65. The van der Waals surface area contributed by atoms with Gasteiger partial charge in [-0.3, -0.25) is 9.89 Å². The van der Waals surface area contributed by atoms with Gasteiger partial charge in [0.05, 0.1) is 5.75 Å². The van der Waals surface area contributed by atoms with E-state index in [0.717, 1.165) is 50.0 Å². The Kier molecular flexibility index (Phi) is 8.20. The van der Waals surface area contributed by atoms with Crippen LogP contribution in [0.3, 0.4) is 0 Å². The van der Waals surface area contributed by atoms with Gasteiger partial charge in [0.15, 0.2) is 15.8 Å². The molecule has 1 saturated heterocycles. The Labute approximate surface area is 160 Å². The minimum atomic E-state index is -2.93. The molecule has 0 radical (unpaired) electrons. The van der Waals surface area contributed by atoms with E-state index in [-0.39, 0.29) is 11.5 Å². The second-order valence-electron chi connectivity index (χ2n) is 8.05. The number of aliphatic imine (C=N–C) groups is 1. The van der Waals surface area contributed by atoms with Crippen molar-refractivity contribution in [2.24, 2.45) is 16.8 Å². The predicted octanol–water partition coefficient (Wildman–Crippen LogP) is 1.83. The van der Waals surface area contributed by atoms with Crippen LogP contribution in [0.2, 0.25) is 0 Å². The van der Waals surface area contributed by atoms with Crippen LogP contribution in [0.4, 0.5) is 0 Å². The van der Waals surface area contributed by atoms with Crippen LogP contribution in [0.1, 0.15) is 46.5 Å². The molecular formula is C19H38N4O2S. The van der Waals surface area contributed by atoms with Crippen molar-refractivity contribution >= 4 is 15.8 Å². The maximum Gasteiger partial charge on any atom is 0.193 e. The van der Waals surface area contributed by atoms with Crippen LogP contribution in [0, 0.1) is 11.8 Å². The number of nitrogens with one attached hydrogen (secondary N) is 1. The highest BCUT2D eigenvalue weighted by Gasteiger charge is 2.29. The number of nitrogens with zero attached hydrogens (tertiary/aromatic N) is 3. The Hall–Kier alpha value is -0.820. The fraction of sp³-hybridized carbons (Fsp3) is 0.947. The summed E-state index contributed by atoms with van der Waals surface area (Å²) < 4.78 is 23.3. The summed E-state index contributed by atoms with van der Waals surface area (Å²) in [7, 11) is -1.16. The molecule has 0 aromatic carbocycles. The Morgan fingerprint density at radius 2 is 1.73 bits per heavy atom. The highest BCUT2D eigenvalue weighted by atomic mass is 32.2. The van der Waals surface area contributed by atoms with E-state index in [4.69, 9.17) is 0 Å². The zero-order valence-corrected chi connectivity index (χ0v) is 17.9. The molecule has 0 atom stereocenters. The van der Waals surface area contributed by atoms with E-state index in [1.54, 1.807) is 14.0 Å². The Morgan fingerprint density at radius 1 is 1.12 bits per heavy atom. The summed E-state index contributed by atoms with van der Waals surface area (Å²) >= 11 is 0. The molecule has 1 N–H and O–H groups in total. The summed E-state index contributed by atoms with van der Waals surface area (Å²) in [5.74, 6) is 2.93. The standard InChI is InChI=1S/C19H38N4O2S/c1-5-26(24,25)15-10-21-19(20-4)23-13-11-22(12-14-23)18-8-6-17(7-9-18)16(2)3/h16-18H,5-15H2,1-4H3,(H,20,21). The number of piperazine rings is 1. The van der Waals surface area contributed by atoms with Gasteiger partial charge in [-0.15, -0.1) is 0 Å². The first kappa shape index (κ1) is 21.5. The smallest absolute Gasteiger partial charge is 0.193 e. The molecule has 1 aliphatic carbocycles. The van der Waals surface area contributed by atoms with E-state index in [9.17, 15) is 8.42 Å². The summed E-state index contributed by atoms with van der Waals surface area (Å²) in [6, 6.07) is 0.747. The molecule has 7 heteroatoms. The van der Waals surface area contributed by atoms with Crippen LogP contribution in [-0.2, 0) is 9.84 Å². The highest BCUT2D eigenvalue weighted by Crippen LogP contribution is 2.32. The zero-order valence-electron chi connectivity index (χ0n) is 17.1. The van der Waals surface area contributed by atoms with Gasteiger partial charge in [0.1, 0.15) is 0 Å². The number of guanidine groups is 1. The molecule has 1 aliphatic heterocycles. The Bertz CT molecular complexity index is 546. The maximum absolute atomic E-state index is 11.6. The lowest BCUT2D eigenvalue weighted by Gasteiger charge is -2.43. The van der Waals surface area contributed by atoms with E-state index < -0.39 is 9.84 Å². The van der Waals surface area contributed by atoms with Gasteiger partial charge in [-0.1, -0.05) is 20.8 Å². The van der Waals surface area contributed by atoms with E-state index in [2.05, 4.69) is 34.0 Å². The van der Waals surface area contributed by atoms with Gasteiger partial charge in [-0.05, 0) is 37.5 Å². The minimum absolute atomic E-state index is 0.168. The van der Waals surface area contributed by atoms with Gasteiger partial charge < -0.3 is 10.2 Å². The SMILES string of the molecule is CCS(=O)(=O)CCNC(=NC)N1CCN(C2CCC(C(C)C)CC2)CC1. The molecule has 2 rings (SSSR count). The molecule has 1 heterocycles. The van der Waals surface area contributed by atoms with E-state index in [1.165, 1.54) is 25.7 Å². The molecule has 0 amide bonds. The quantitative estimate of drug-likeness (QED) is 0.557. The van der Waals surface area contributed by atoms with E-state index in [1.807, 2.05) is 0 Å². The van der Waals surface area contributed by atoms with Crippen LogP contribution in [0.5, 0.6) is 0 Å². The van der Waals surface area contributed by atoms with Gasteiger partial charge >= 0.3 is 0 Å². The fourth-order valence-electron chi connectivity index (χ4n) is 4.23. The lowest BCUT2D eigenvalue weighted by atomic mass is 9.79. The molecule has 2 aliphatic rings. The van der Waals surface area contributed by atoms with Crippen LogP contribution < -0.4 is 5.32 Å². The van der Waals surface area contributed by atoms with Crippen molar-refractivity contribution in [3.05, 3.63) is 0 Å². The van der Waals surface area contributed by atoms with Crippen LogP contribution in [0.25, 0.3) is 0 Å². The third-order valence-corrected chi connectivity index (χ3v) is 7.87. The molecule has 6 nitrogen and oxygen atoms in total. The third kappa shape index (κ3) is 6.12. The summed E-state index contributed by atoms with van der Waals surface area (Å²) in [6.07, 6.45) is 5.42. The summed E-state index contributed by atoms with van der Waals surface area (Å²) in [4.78, 5) is 9.26. The van der Waals surface area contributed by atoms with Crippen molar-refractivity contribution < 1.29 is 8.42 Å². The first-order chi connectivity index (χ1) is 12.4. The monoisotopic (exact) mass is 386 g/mol. The number of rotatable bonds is 6. The van der Waals surface area contributed by atoms with Crippen LogP contribution in [-0.4, -0.2) is 81.5 Å². The van der Waals surface area contributed by atoms with E-state index >= 15 is 0 Å². The second kappa shape index (κ2) is 9.93. The minimum Gasteiger partial charge on any atom is -0.355 e. The fourth-order valence-corrected chi connectivity index (χ4v) is 4.93. The summed E-state index contributed by atoms with van der Waals surface area (Å²) in [5, 5.41) is 3.22. The van der Waals surface area contributed by atoms with Crippen LogP contribution in [0.15, 0.2) is 4.99 Å². The molecule has 1 saturated carbocycles. The topological polar surface area (TPSA) is 65.0 Å². The number of hydrogen-bond acceptors (Lipinski definition) is 4. The summed E-state index contributed by atoms with van der Waals surface area (Å²) in [6.45, 7) is 10.9. The van der Waals surface area contributed by atoms with Crippen molar-refractivity contribution in [3.63, 3.8) is 0 Å². The molecule has 0 spiro atoms. The molecule has 0 bridgehead atoms. The molecule has 26 heavy (non-hydrogen) atoms. The Balaban J connectivity index is 1.74. The van der Waals surface area contributed by atoms with Crippen molar-refractivity contribution in [2.75, 3.05) is 51.3 Å². The van der Waals surface area contributed by atoms with Gasteiger partial charge in [0, 0.05) is 51.6 Å². The van der Waals surface area contributed by atoms with Crippen molar-refractivity contribution in [2.45, 2.75) is 52.5 Å². The first-order valence-electron chi connectivity index (χ1n) is 10.3. The Morgan fingerprint density at radius 3 is 2.23 bits per heavy atom. The first-order valence-corrected chi connectivity index (χ1v) is 12.1. The van der Waals surface area contributed by atoms with Crippen LogP contribution >= 0.6 is 0 Å². The van der Waals surface area contributed by atoms with Gasteiger partial charge in [0.25, 0.3) is 0 Å². The largest absolute Gasteiger partial charge is 0.355 e. The molecule has 152 valence electrons. The highest BCUT2D eigenvalue weighted by molar-refractivity contribution is 7.91. The van der Waals surface area contributed by atoms with Crippen molar-refractivity contribution in [1.82, 2.24) is 15.1 Å². The molecule has 0 aromatic heterocycles. The molecule has 0 unspecified atom stereocenters. The zero-order chi connectivity index (χ0) is 19.2. The van der Waals surface area contributed by atoms with Gasteiger partial charge in [0.2, 0.25) is 0 Å². The lowest BCUT2D eigenvalue weighted by Crippen LogP contribution is -2.55. The normalized spacial score (nSPS) is 26.3.